The summed E-state index contributed by atoms with van der Waals surface area (Å²) in [4.78, 5) is 13.0. The van der Waals surface area contributed by atoms with Gasteiger partial charge in [0, 0.05) is 12.7 Å². The number of carbonyl (C=O) groups excluding carboxylic acids is 1. The minimum atomic E-state index is -0.602. The fraction of sp³-hybridized carbons (Fsp3) is 0.583. The molecule has 0 aromatic rings. The molecule has 1 atom stereocenters. The Bertz CT molecular complexity index is 264. The standard InChI is InChI=1S/C12H21NO3/c1-6-8-13(9-7-10(2)14)11(15)16-12(3,4)5/h6-7,9-10,14H,1,8H2,2-5H3/b9-7+. The van der Waals surface area contributed by atoms with E-state index in [2.05, 4.69) is 6.58 Å². The van der Waals surface area contributed by atoms with Crippen LogP contribution in [-0.4, -0.2) is 34.3 Å². The van der Waals surface area contributed by atoms with Crippen LogP contribution in [-0.2, 0) is 4.74 Å². The van der Waals surface area contributed by atoms with Crippen LogP contribution in [0.2, 0.25) is 0 Å². The van der Waals surface area contributed by atoms with Gasteiger partial charge in [-0.3, -0.25) is 4.90 Å². The number of nitrogens with zero attached hydrogens (tertiary/aromatic N) is 1. The molecule has 0 aliphatic rings. The van der Waals surface area contributed by atoms with E-state index < -0.39 is 17.8 Å². The molecule has 0 heterocycles. The minimum Gasteiger partial charge on any atom is -0.443 e. The van der Waals surface area contributed by atoms with Crippen molar-refractivity contribution in [3.05, 3.63) is 24.9 Å². The van der Waals surface area contributed by atoms with Crippen molar-refractivity contribution in [3.63, 3.8) is 0 Å². The van der Waals surface area contributed by atoms with Gasteiger partial charge >= 0.3 is 6.09 Å². The first kappa shape index (κ1) is 14.7. The third-order valence-electron chi connectivity index (χ3n) is 1.50. The normalized spacial score (nSPS) is 13.6. The Morgan fingerprint density at radius 2 is 2.12 bits per heavy atom. The smallest absolute Gasteiger partial charge is 0.414 e. The van der Waals surface area contributed by atoms with Crippen molar-refractivity contribution < 1.29 is 14.6 Å². The van der Waals surface area contributed by atoms with Crippen LogP contribution in [0.4, 0.5) is 4.79 Å². The SMILES string of the molecule is C=CCN(/C=C/C(C)O)C(=O)OC(C)(C)C. The largest absolute Gasteiger partial charge is 0.443 e. The van der Waals surface area contributed by atoms with Crippen LogP contribution in [0.1, 0.15) is 27.7 Å². The second kappa shape index (κ2) is 6.33. The average Bonchev–Trinajstić information content (AvgIpc) is 2.08. The maximum absolute atomic E-state index is 11.7. The van der Waals surface area contributed by atoms with E-state index >= 15 is 0 Å². The molecular weight excluding hydrogens is 206 g/mol. The fourth-order valence-corrected chi connectivity index (χ4v) is 0.884. The highest BCUT2D eigenvalue weighted by molar-refractivity contribution is 5.69. The van der Waals surface area contributed by atoms with Crippen LogP contribution in [0.15, 0.2) is 24.9 Å². The monoisotopic (exact) mass is 227 g/mol. The second-order valence-corrected chi connectivity index (χ2v) is 4.50. The number of amides is 1. The Kier molecular flexibility index (Phi) is 5.82. The quantitative estimate of drug-likeness (QED) is 0.750. The topological polar surface area (TPSA) is 49.8 Å². The Hall–Kier alpha value is -1.29. The molecule has 0 saturated heterocycles. The Morgan fingerprint density at radius 1 is 1.56 bits per heavy atom. The lowest BCUT2D eigenvalue weighted by Gasteiger charge is -2.24. The summed E-state index contributed by atoms with van der Waals surface area (Å²) >= 11 is 0. The van der Waals surface area contributed by atoms with Crippen molar-refractivity contribution >= 4 is 6.09 Å². The number of aliphatic hydroxyl groups is 1. The van der Waals surface area contributed by atoms with Crippen LogP contribution in [0, 0.1) is 0 Å². The van der Waals surface area contributed by atoms with Gasteiger partial charge in [-0.25, -0.2) is 4.79 Å². The van der Waals surface area contributed by atoms with Crippen LogP contribution in [0.25, 0.3) is 0 Å². The van der Waals surface area contributed by atoms with Crippen molar-refractivity contribution in [2.75, 3.05) is 6.54 Å². The van der Waals surface area contributed by atoms with E-state index in [-0.39, 0.29) is 0 Å². The molecule has 0 bridgehead atoms. The zero-order chi connectivity index (χ0) is 12.8. The van der Waals surface area contributed by atoms with E-state index in [0.717, 1.165) is 0 Å². The molecule has 0 spiro atoms. The summed E-state index contributed by atoms with van der Waals surface area (Å²) in [7, 11) is 0. The first-order valence-corrected chi connectivity index (χ1v) is 5.23. The van der Waals surface area contributed by atoms with Crippen LogP contribution >= 0.6 is 0 Å². The molecule has 0 fully saturated rings. The first-order valence-electron chi connectivity index (χ1n) is 5.23. The maximum atomic E-state index is 11.7. The van der Waals surface area contributed by atoms with Gasteiger partial charge in [-0.2, -0.15) is 0 Å². The van der Waals surface area contributed by atoms with Gasteiger partial charge in [0.2, 0.25) is 0 Å². The van der Waals surface area contributed by atoms with Gasteiger partial charge in [0.05, 0.1) is 6.10 Å². The van der Waals surface area contributed by atoms with E-state index in [1.165, 1.54) is 17.2 Å². The molecule has 0 aromatic heterocycles. The third-order valence-corrected chi connectivity index (χ3v) is 1.50. The molecule has 16 heavy (non-hydrogen) atoms. The van der Waals surface area contributed by atoms with Crippen molar-refractivity contribution in [2.24, 2.45) is 0 Å². The lowest BCUT2D eigenvalue weighted by atomic mass is 10.2. The van der Waals surface area contributed by atoms with Gasteiger partial charge in [0.1, 0.15) is 5.60 Å². The highest BCUT2D eigenvalue weighted by Crippen LogP contribution is 2.10. The summed E-state index contributed by atoms with van der Waals surface area (Å²) in [5, 5.41) is 9.09. The third kappa shape index (κ3) is 7.06. The van der Waals surface area contributed by atoms with Gasteiger partial charge in [-0.1, -0.05) is 6.08 Å². The van der Waals surface area contributed by atoms with Gasteiger partial charge in [0.15, 0.2) is 0 Å². The van der Waals surface area contributed by atoms with Crippen LogP contribution in [0.3, 0.4) is 0 Å². The Morgan fingerprint density at radius 3 is 2.50 bits per heavy atom. The molecule has 0 aliphatic heterocycles. The van der Waals surface area contributed by atoms with Gasteiger partial charge in [0.25, 0.3) is 0 Å². The zero-order valence-electron chi connectivity index (χ0n) is 10.4. The molecule has 4 nitrogen and oxygen atoms in total. The molecule has 0 aromatic carbocycles. The van der Waals surface area contributed by atoms with Crippen LogP contribution in [0.5, 0.6) is 0 Å². The molecule has 92 valence electrons. The van der Waals surface area contributed by atoms with E-state index in [1.807, 2.05) is 0 Å². The highest BCUT2D eigenvalue weighted by Gasteiger charge is 2.19. The summed E-state index contributed by atoms with van der Waals surface area (Å²) in [5.41, 5.74) is -0.533. The molecule has 0 aliphatic carbocycles. The molecule has 0 radical (unpaired) electrons. The molecule has 0 rings (SSSR count). The van der Waals surface area contributed by atoms with Gasteiger partial charge in [-0.05, 0) is 33.8 Å². The molecular formula is C12H21NO3. The predicted octanol–water partition coefficient (Wildman–Crippen LogP) is 2.30. The number of hydrogen-bond donors (Lipinski definition) is 1. The summed E-state index contributed by atoms with van der Waals surface area (Å²) in [5.74, 6) is 0. The van der Waals surface area contributed by atoms with Crippen molar-refractivity contribution in [3.8, 4) is 0 Å². The first-order chi connectivity index (χ1) is 7.26. The summed E-state index contributed by atoms with van der Waals surface area (Å²) in [6.07, 6.45) is 3.54. The van der Waals surface area contributed by atoms with Gasteiger partial charge in [-0.15, -0.1) is 6.58 Å². The van der Waals surface area contributed by atoms with Crippen molar-refractivity contribution in [1.82, 2.24) is 4.90 Å². The van der Waals surface area contributed by atoms with E-state index in [4.69, 9.17) is 9.84 Å². The molecule has 1 N–H and O–H groups in total. The summed E-state index contributed by atoms with van der Waals surface area (Å²) in [6.45, 7) is 10.9. The lowest BCUT2D eigenvalue weighted by molar-refractivity contribution is 0.0350. The van der Waals surface area contributed by atoms with E-state index in [0.29, 0.717) is 6.54 Å². The maximum Gasteiger partial charge on any atom is 0.414 e. The summed E-state index contributed by atoms with van der Waals surface area (Å²) in [6, 6.07) is 0. The second-order valence-electron chi connectivity index (χ2n) is 4.50. The molecule has 1 unspecified atom stereocenters. The average molecular weight is 227 g/mol. The molecule has 1 amide bonds. The number of rotatable bonds is 4. The van der Waals surface area contributed by atoms with Gasteiger partial charge < -0.3 is 9.84 Å². The minimum absolute atomic E-state index is 0.345. The molecule has 4 heteroatoms. The lowest BCUT2D eigenvalue weighted by Crippen LogP contribution is -2.33. The number of hydrogen-bond acceptors (Lipinski definition) is 3. The van der Waals surface area contributed by atoms with Crippen LogP contribution < -0.4 is 0 Å². The number of ether oxygens (including phenoxy) is 1. The van der Waals surface area contributed by atoms with E-state index in [1.54, 1.807) is 33.8 Å². The Balaban J connectivity index is 4.53. The van der Waals surface area contributed by atoms with Crippen molar-refractivity contribution in [1.29, 1.82) is 0 Å². The number of aliphatic hydroxyl groups excluding tert-OH is 1. The Labute approximate surface area is 97.2 Å². The summed E-state index contributed by atoms with van der Waals surface area (Å²) < 4.78 is 5.19. The van der Waals surface area contributed by atoms with E-state index in [9.17, 15) is 4.79 Å². The van der Waals surface area contributed by atoms with Crippen molar-refractivity contribution in [2.45, 2.75) is 39.4 Å². The number of carbonyl (C=O) groups is 1. The fourth-order valence-electron chi connectivity index (χ4n) is 0.884. The molecule has 0 saturated carbocycles. The predicted molar refractivity (Wildman–Crippen MR) is 64.0 cm³/mol. The zero-order valence-corrected chi connectivity index (χ0v) is 10.4. The highest BCUT2D eigenvalue weighted by atomic mass is 16.6.